The number of amides is 1. The molecule has 3 aromatic rings. The first kappa shape index (κ1) is 24.6. The smallest absolute Gasteiger partial charge is 0.411 e. The standard InChI is InChI=1S/C29H35N3O3/c1-35-28-12-6-5-11-27(28)31-21-19-30(20-22-31)17-7-8-18-32(29(33)34)26-15-13-25(14-16-26)23-24-9-3-2-4-10-24/h2-6,9-16H,7-8,17-23H2,1H3,(H,33,34). The van der Waals surface area contributed by atoms with E-state index in [4.69, 9.17) is 4.74 Å². The second kappa shape index (κ2) is 12.3. The van der Waals surface area contributed by atoms with Crippen LogP contribution in [0.1, 0.15) is 24.0 Å². The number of rotatable bonds is 10. The van der Waals surface area contributed by atoms with E-state index in [9.17, 15) is 9.90 Å². The van der Waals surface area contributed by atoms with Crippen LogP contribution < -0.4 is 14.5 Å². The quantitative estimate of drug-likeness (QED) is 0.401. The normalized spacial score (nSPS) is 14.0. The molecule has 184 valence electrons. The molecule has 0 atom stereocenters. The maximum absolute atomic E-state index is 11.9. The highest BCUT2D eigenvalue weighted by atomic mass is 16.5. The number of benzene rings is 3. The Morgan fingerprint density at radius 3 is 2.20 bits per heavy atom. The molecule has 0 unspecified atom stereocenters. The van der Waals surface area contributed by atoms with Crippen molar-refractivity contribution in [3.8, 4) is 5.75 Å². The van der Waals surface area contributed by atoms with E-state index in [1.54, 1.807) is 7.11 Å². The van der Waals surface area contributed by atoms with Gasteiger partial charge in [0.05, 0.1) is 12.8 Å². The van der Waals surface area contributed by atoms with Crippen LogP contribution >= 0.6 is 0 Å². The lowest BCUT2D eigenvalue weighted by Gasteiger charge is -2.36. The van der Waals surface area contributed by atoms with E-state index >= 15 is 0 Å². The van der Waals surface area contributed by atoms with Crippen molar-refractivity contribution in [3.05, 3.63) is 90.0 Å². The predicted octanol–water partition coefficient (Wildman–Crippen LogP) is 5.37. The van der Waals surface area contributed by atoms with Crippen LogP contribution in [0.15, 0.2) is 78.9 Å². The Bertz CT molecular complexity index is 1060. The molecule has 1 amide bonds. The molecule has 0 aliphatic carbocycles. The molecule has 0 bridgehead atoms. The molecule has 0 radical (unpaired) electrons. The van der Waals surface area contributed by atoms with Crippen molar-refractivity contribution < 1.29 is 14.6 Å². The summed E-state index contributed by atoms with van der Waals surface area (Å²) in [5, 5.41) is 9.76. The third-order valence-corrected chi connectivity index (χ3v) is 6.63. The zero-order chi connectivity index (χ0) is 24.5. The molecule has 0 aromatic heterocycles. The fraction of sp³-hybridized carbons (Fsp3) is 0.345. The van der Waals surface area contributed by atoms with E-state index in [0.29, 0.717) is 6.54 Å². The monoisotopic (exact) mass is 473 g/mol. The fourth-order valence-electron chi connectivity index (χ4n) is 4.67. The maximum atomic E-state index is 11.9. The summed E-state index contributed by atoms with van der Waals surface area (Å²) in [5.41, 5.74) is 4.32. The van der Waals surface area contributed by atoms with Crippen molar-refractivity contribution in [2.24, 2.45) is 0 Å². The van der Waals surface area contributed by atoms with Crippen molar-refractivity contribution in [1.82, 2.24) is 4.90 Å². The van der Waals surface area contributed by atoms with Crippen LogP contribution in [0.5, 0.6) is 5.75 Å². The van der Waals surface area contributed by atoms with E-state index in [0.717, 1.165) is 69.1 Å². The highest BCUT2D eigenvalue weighted by molar-refractivity contribution is 5.85. The third kappa shape index (κ3) is 6.76. The number of anilines is 2. The minimum atomic E-state index is -0.897. The van der Waals surface area contributed by atoms with E-state index < -0.39 is 6.09 Å². The van der Waals surface area contributed by atoms with Crippen LogP contribution in [0.2, 0.25) is 0 Å². The van der Waals surface area contributed by atoms with E-state index in [2.05, 4.69) is 34.1 Å². The van der Waals surface area contributed by atoms with Gasteiger partial charge in [-0.3, -0.25) is 9.80 Å². The molecule has 6 heteroatoms. The summed E-state index contributed by atoms with van der Waals surface area (Å²) in [6, 6.07) is 26.4. The molecule has 0 spiro atoms. The van der Waals surface area contributed by atoms with Gasteiger partial charge in [-0.2, -0.15) is 0 Å². The van der Waals surface area contributed by atoms with Crippen LogP contribution in [0.25, 0.3) is 0 Å². The van der Waals surface area contributed by atoms with Crippen LogP contribution in [0.3, 0.4) is 0 Å². The lowest BCUT2D eigenvalue weighted by atomic mass is 10.0. The van der Waals surface area contributed by atoms with Gasteiger partial charge in [0.2, 0.25) is 0 Å². The minimum Gasteiger partial charge on any atom is -0.495 e. The first-order valence-electron chi connectivity index (χ1n) is 12.4. The highest BCUT2D eigenvalue weighted by Crippen LogP contribution is 2.28. The first-order valence-corrected chi connectivity index (χ1v) is 12.4. The van der Waals surface area contributed by atoms with Gasteiger partial charge in [-0.1, -0.05) is 54.6 Å². The molecule has 1 N–H and O–H groups in total. The molecule has 6 nitrogen and oxygen atoms in total. The average molecular weight is 474 g/mol. The number of hydrogen-bond donors (Lipinski definition) is 1. The molecule has 35 heavy (non-hydrogen) atoms. The number of ether oxygens (including phenoxy) is 1. The van der Waals surface area contributed by atoms with Crippen LogP contribution in [-0.4, -0.2) is 62.5 Å². The molecule has 4 rings (SSSR count). The summed E-state index contributed by atoms with van der Waals surface area (Å²) in [6.07, 6.45) is 1.76. The Morgan fingerprint density at radius 1 is 0.857 bits per heavy atom. The topological polar surface area (TPSA) is 56.2 Å². The van der Waals surface area contributed by atoms with Gasteiger partial charge in [0.1, 0.15) is 5.75 Å². The van der Waals surface area contributed by atoms with Crippen molar-refractivity contribution >= 4 is 17.5 Å². The Labute approximate surface area is 208 Å². The largest absolute Gasteiger partial charge is 0.495 e. The van der Waals surface area contributed by atoms with Crippen molar-refractivity contribution in [2.45, 2.75) is 19.3 Å². The van der Waals surface area contributed by atoms with Gasteiger partial charge in [0, 0.05) is 38.4 Å². The predicted molar refractivity (Wildman–Crippen MR) is 142 cm³/mol. The van der Waals surface area contributed by atoms with E-state index in [1.807, 2.05) is 54.6 Å². The zero-order valence-electron chi connectivity index (χ0n) is 20.5. The van der Waals surface area contributed by atoms with Crippen LogP contribution in [-0.2, 0) is 6.42 Å². The number of nitrogens with zero attached hydrogens (tertiary/aromatic N) is 3. The second-order valence-electron chi connectivity index (χ2n) is 8.97. The Morgan fingerprint density at radius 2 is 1.51 bits per heavy atom. The fourth-order valence-corrected chi connectivity index (χ4v) is 4.67. The number of carboxylic acid groups (broad SMARTS) is 1. The molecule has 3 aromatic carbocycles. The van der Waals surface area contributed by atoms with E-state index in [1.165, 1.54) is 16.0 Å². The Balaban J connectivity index is 1.22. The molecule has 1 aliphatic heterocycles. The van der Waals surface area contributed by atoms with Crippen molar-refractivity contribution in [3.63, 3.8) is 0 Å². The Kier molecular flexibility index (Phi) is 8.63. The van der Waals surface area contributed by atoms with Gasteiger partial charge < -0.3 is 14.7 Å². The summed E-state index contributed by atoms with van der Waals surface area (Å²) in [4.78, 5) is 18.2. The molecule has 1 aliphatic rings. The third-order valence-electron chi connectivity index (χ3n) is 6.63. The van der Waals surface area contributed by atoms with Crippen molar-refractivity contribution in [1.29, 1.82) is 0 Å². The molecule has 1 fully saturated rings. The molecule has 1 heterocycles. The molecule has 1 saturated heterocycles. The van der Waals surface area contributed by atoms with E-state index in [-0.39, 0.29) is 0 Å². The summed E-state index contributed by atoms with van der Waals surface area (Å²) >= 11 is 0. The van der Waals surface area contributed by atoms with Gasteiger partial charge in [0.15, 0.2) is 0 Å². The average Bonchev–Trinajstić information content (AvgIpc) is 2.90. The summed E-state index contributed by atoms with van der Waals surface area (Å²) in [7, 11) is 1.72. The number of para-hydroxylation sites is 2. The number of hydrogen-bond acceptors (Lipinski definition) is 4. The SMILES string of the molecule is COc1ccccc1N1CCN(CCCCN(C(=O)O)c2ccc(Cc3ccccc3)cc2)CC1. The van der Waals surface area contributed by atoms with Crippen molar-refractivity contribution in [2.75, 3.05) is 56.2 Å². The highest BCUT2D eigenvalue weighted by Gasteiger charge is 2.19. The summed E-state index contributed by atoms with van der Waals surface area (Å²) in [6.45, 7) is 5.44. The first-order chi connectivity index (χ1) is 17.1. The molecular weight excluding hydrogens is 438 g/mol. The summed E-state index contributed by atoms with van der Waals surface area (Å²) in [5.74, 6) is 0.919. The number of carbonyl (C=O) groups is 1. The van der Waals surface area contributed by atoms with Crippen LogP contribution in [0, 0.1) is 0 Å². The second-order valence-corrected chi connectivity index (χ2v) is 8.97. The van der Waals surface area contributed by atoms with Crippen LogP contribution in [0.4, 0.5) is 16.2 Å². The number of methoxy groups -OCH3 is 1. The molecular formula is C29H35N3O3. The number of unbranched alkanes of at least 4 members (excludes halogenated alkanes) is 1. The molecule has 0 saturated carbocycles. The van der Waals surface area contributed by atoms with Gasteiger partial charge in [-0.05, 0) is 61.2 Å². The zero-order valence-corrected chi connectivity index (χ0v) is 20.5. The van der Waals surface area contributed by atoms with Gasteiger partial charge in [0.25, 0.3) is 0 Å². The summed E-state index contributed by atoms with van der Waals surface area (Å²) < 4.78 is 5.51. The number of piperazine rings is 1. The van der Waals surface area contributed by atoms with Gasteiger partial charge >= 0.3 is 6.09 Å². The maximum Gasteiger partial charge on any atom is 0.411 e. The lowest BCUT2D eigenvalue weighted by Crippen LogP contribution is -2.46. The van der Waals surface area contributed by atoms with Gasteiger partial charge in [-0.25, -0.2) is 4.79 Å². The van der Waals surface area contributed by atoms with Gasteiger partial charge in [-0.15, -0.1) is 0 Å². The Hall–Kier alpha value is -3.51. The lowest BCUT2D eigenvalue weighted by molar-refractivity contribution is 0.201. The minimum absolute atomic E-state index is 0.508.